The molecule has 1 aromatic carbocycles. The first-order valence-electron chi connectivity index (χ1n) is 7.77. The second-order valence-electron chi connectivity index (χ2n) is 5.55. The third-order valence-corrected chi connectivity index (χ3v) is 4.45. The highest BCUT2D eigenvalue weighted by molar-refractivity contribution is 7.00. The molecule has 122 valence electrons. The number of anilines is 1. The van der Waals surface area contributed by atoms with Gasteiger partial charge in [-0.05, 0) is 38.1 Å². The van der Waals surface area contributed by atoms with Crippen molar-refractivity contribution in [2.24, 2.45) is 0 Å². The summed E-state index contributed by atoms with van der Waals surface area (Å²) in [5, 5.41) is 5.26. The van der Waals surface area contributed by atoms with Crippen LogP contribution in [0.15, 0.2) is 18.2 Å². The van der Waals surface area contributed by atoms with Gasteiger partial charge in [0.25, 0.3) is 0 Å². The van der Waals surface area contributed by atoms with Gasteiger partial charge in [-0.2, -0.15) is 8.75 Å². The Labute approximate surface area is 138 Å². The Morgan fingerprint density at radius 3 is 2.78 bits per heavy atom. The van der Waals surface area contributed by atoms with Gasteiger partial charge >= 0.3 is 11.8 Å². The quantitative estimate of drug-likeness (QED) is 0.822. The smallest absolute Gasteiger partial charge is 0.313 e. The van der Waals surface area contributed by atoms with E-state index >= 15 is 0 Å². The van der Waals surface area contributed by atoms with Crippen LogP contribution in [0.4, 0.5) is 5.69 Å². The van der Waals surface area contributed by atoms with Gasteiger partial charge in [0.15, 0.2) is 0 Å². The summed E-state index contributed by atoms with van der Waals surface area (Å²) in [7, 11) is 0. The van der Waals surface area contributed by atoms with Crippen molar-refractivity contribution in [1.82, 2.24) is 19.0 Å². The summed E-state index contributed by atoms with van der Waals surface area (Å²) < 4.78 is 8.24. The van der Waals surface area contributed by atoms with Crippen LogP contribution in [0.25, 0.3) is 11.0 Å². The zero-order chi connectivity index (χ0) is 16.1. The minimum absolute atomic E-state index is 0.481. The van der Waals surface area contributed by atoms with Crippen LogP contribution >= 0.6 is 11.7 Å². The van der Waals surface area contributed by atoms with Crippen molar-refractivity contribution in [3.63, 3.8) is 0 Å². The van der Waals surface area contributed by atoms with Crippen molar-refractivity contribution in [2.75, 3.05) is 31.5 Å². The van der Waals surface area contributed by atoms with Gasteiger partial charge in [0.1, 0.15) is 11.0 Å². The van der Waals surface area contributed by atoms with Crippen LogP contribution in [0, 0.1) is 0 Å². The number of likely N-dealkylation sites (tertiary alicyclic amines) is 1. The third-order valence-electron chi connectivity index (χ3n) is 3.90. The normalized spacial score (nSPS) is 15.5. The number of benzene rings is 1. The van der Waals surface area contributed by atoms with E-state index in [9.17, 15) is 9.59 Å². The number of carbonyl (C=O) groups is 2. The summed E-state index contributed by atoms with van der Waals surface area (Å²) in [6.45, 7) is 3.40. The maximum absolute atomic E-state index is 12.0. The average molecular weight is 333 g/mol. The number of hydrogen-bond donors (Lipinski definition) is 2. The number of piperidine rings is 1. The highest BCUT2D eigenvalue weighted by Crippen LogP contribution is 2.20. The van der Waals surface area contributed by atoms with Crippen molar-refractivity contribution < 1.29 is 9.59 Å². The van der Waals surface area contributed by atoms with E-state index in [1.807, 2.05) is 6.07 Å². The molecule has 2 N–H and O–H groups in total. The molecule has 1 aliphatic heterocycles. The first kappa shape index (κ1) is 15.8. The fourth-order valence-electron chi connectivity index (χ4n) is 2.68. The van der Waals surface area contributed by atoms with E-state index in [2.05, 4.69) is 24.3 Å². The van der Waals surface area contributed by atoms with Gasteiger partial charge in [-0.3, -0.25) is 9.59 Å². The minimum atomic E-state index is -0.677. The zero-order valence-electron chi connectivity index (χ0n) is 12.7. The van der Waals surface area contributed by atoms with E-state index in [1.54, 1.807) is 12.1 Å². The highest BCUT2D eigenvalue weighted by Gasteiger charge is 2.16. The molecule has 2 heterocycles. The first-order valence-corrected chi connectivity index (χ1v) is 8.50. The molecule has 1 aliphatic rings. The topological polar surface area (TPSA) is 87.2 Å². The number of nitrogens with zero attached hydrogens (tertiary/aromatic N) is 3. The minimum Gasteiger partial charge on any atom is -0.347 e. The van der Waals surface area contributed by atoms with E-state index in [1.165, 1.54) is 19.3 Å². The van der Waals surface area contributed by atoms with Crippen molar-refractivity contribution >= 4 is 40.3 Å². The van der Waals surface area contributed by atoms with E-state index in [-0.39, 0.29) is 0 Å². The summed E-state index contributed by atoms with van der Waals surface area (Å²) in [5.41, 5.74) is 1.82. The lowest BCUT2D eigenvalue weighted by Gasteiger charge is -2.26. The Balaban J connectivity index is 1.49. The van der Waals surface area contributed by atoms with E-state index in [4.69, 9.17) is 0 Å². The van der Waals surface area contributed by atoms with Crippen molar-refractivity contribution in [3.8, 4) is 0 Å². The van der Waals surface area contributed by atoms with Crippen LogP contribution in [0.5, 0.6) is 0 Å². The molecule has 8 heteroatoms. The van der Waals surface area contributed by atoms with Gasteiger partial charge in [0.2, 0.25) is 0 Å². The van der Waals surface area contributed by atoms with Crippen molar-refractivity contribution in [2.45, 2.75) is 19.3 Å². The summed E-state index contributed by atoms with van der Waals surface area (Å²) in [4.78, 5) is 26.2. The van der Waals surface area contributed by atoms with Gasteiger partial charge in [-0.25, -0.2) is 0 Å². The van der Waals surface area contributed by atoms with E-state index in [0.29, 0.717) is 23.3 Å². The Bertz CT molecular complexity index is 696. The molecule has 1 aromatic heterocycles. The summed E-state index contributed by atoms with van der Waals surface area (Å²) in [5.74, 6) is -1.30. The Morgan fingerprint density at radius 2 is 1.96 bits per heavy atom. The molecule has 1 saturated heterocycles. The predicted octanol–water partition coefficient (Wildman–Crippen LogP) is 1.23. The second kappa shape index (κ2) is 7.47. The maximum Gasteiger partial charge on any atom is 0.313 e. The molecule has 0 atom stereocenters. The van der Waals surface area contributed by atoms with Crippen LogP contribution in [-0.2, 0) is 9.59 Å². The number of aromatic nitrogens is 2. The monoisotopic (exact) mass is 333 g/mol. The van der Waals surface area contributed by atoms with Gasteiger partial charge in [0, 0.05) is 13.1 Å². The molecule has 1 fully saturated rings. The number of fused-ring (bicyclic) bond motifs is 1. The number of amides is 2. The molecule has 0 unspecified atom stereocenters. The molecule has 0 spiro atoms. The average Bonchev–Trinajstić information content (AvgIpc) is 3.05. The van der Waals surface area contributed by atoms with Crippen LogP contribution in [0.1, 0.15) is 19.3 Å². The Morgan fingerprint density at radius 1 is 1.13 bits per heavy atom. The molecule has 0 aliphatic carbocycles. The Hall–Kier alpha value is -2.06. The van der Waals surface area contributed by atoms with Crippen LogP contribution in [-0.4, -0.2) is 51.6 Å². The molecule has 7 nitrogen and oxygen atoms in total. The molecule has 2 aromatic rings. The van der Waals surface area contributed by atoms with Crippen LogP contribution in [0.3, 0.4) is 0 Å². The van der Waals surface area contributed by atoms with Gasteiger partial charge in [0.05, 0.1) is 17.4 Å². The number of rotatable bonds is 4. The lowest BCUT2D eigenvalue weighted by molar-refractivity contribution is -0.136. The lowest BCUT2D eigenvalue weighted by Crippen LogP contribution is -2.41. The maximum atomic E-state index is 12.0. The molecule has 23 heavy (non-hydrogen) atoms. The van der Waals surface area contributed by atoms with Crippen molar-refractivity contribution in [1.29, 1.82) is 0 Å². The largest absolute Gasteiger partial charge is 0.347 e. The third kappa shape index (κ3) is 4.02. The van der Waals surface area contributed by atoms with Gasteiger partial charge < -0.3 is 15.5 Å². The molecular formula is C15H19N5O2S. The zero-order valence-corrected chi connectivity index (χ0v) is 13.6. The van der Waals surface area contributed by atoms with Gasteiger partial charge in [-0.15, -0.1) is 0 Å². The van der Waals surface area contributed by atoms with Gasteiger partial charge in [-0.1, -0.05) is 12.5 Å². The number of nitrogens with one attached hydrogen (secondary N) is 2. The lowest BCUT2D eigenvalue weighted by atomic mass is 10.1. The summed E-state index contributed by atoms with van der Waals surface area (Å²) >= 11 is 1.07. The first-order chi connectivity index (χ1) is 11.2. The molecular weight excluding hydrogens is 314 g/mol. The predicted molar refractivity (Wildman–Crippen MR) is 89.3 cm³/mol. The second-order valence-corrected chi connectivity index (χ2v) is 6.08. The van der Waals surface area contributed by atoms with Crippen LogP contribution in [0.2, 0.25) is 0 Å². The fourth-order valence-corrected chi connectivity index (χ4v) is 3.23. The Kier molecular flexibility index (Phi) is 5.14. The summed E-state index contributed by atoms with van der Waals surface area (Å²) in [6.07, 6.45) is 3.70. The highest BCUT2D eigenvalue weighted by atomic mass is 32.1. The molecule has 3 rings (SSSR count). The molecule has 2 amide bonds. The fraction of sp³-hybridized carbons (Fsp3) is 0.467. The van der Waals surface area contributed by atoms with E-state index in [0.717, 1.165) is 31.4 Å². The van der Waals surface area contributed by atoms with Crippen LogP contribution < -0.4 is 10.6 Å². The summed E-state index contributed by atoms with van der Waals surface area (Å²) in [6, 6.07) is 5.30. The standard InChI is InChI=1S/C15H19N5O2S/c21-14(16-7-10-20-8-2-1-3-9-20)15(22)17-11-5-4-6-12-13(11)19-23-18-12/h4-6H,1-3,7-10H2,(H,16,21)(H,17,22). The SMILES string of the molecule is O=C(NCCN1CCCCC1)C(=O)Nc1cccc2nsnc12. The molecule has 0 radical (unpaired) electrons. The molecule has 0 saturated carbocycles. The number of carbonyl (C=O) groups excluding carboxylic acids is 2. The number of hydrogen-bond acceptors (Lipinski definition) is 6. The van der Waals surface area contributed by atoms with Crippen molar-refractivity contribution in [3.05, 3.63) is 18.2 Å². The molecule has 0 bridgehead atoms. The van der Waals surface area contributed by atoms with E-state index < -0.39 is 11.8 Å².